The smallest absolute Gasteiger partial charge is 0.241 e. The molecular formula is C16H19N3O. The van der Waals surface area contributed by atoms with Gasteiger partial charge in [0.25, 0.3) is 0 Å². The highest BCUT2D eigenvalue weighted by atomic mass is 16.2. The topological polar surface area (TPSA) is 54.0 Å². The van der Waals surface area contributed by atoms with E-state index in [9.17, 15) is 4.79 Å². The molecule has 0 radical (unpaired) electrons. The van der Waals surface area contributed by atoms with Gasteiger partial charge in [-0.2, -0.15) is 0 Å². The minimum absolute atomic E-state index is 0.0421. The Balaban J connectivity index is 1.86. The van der Waals surface area contributed by atoms with Crippen molar-refractivity contribution in [2.75, 3.05) is 11.9 Å². The molecule has 1 aromatic carbocycles. The number of aromatic nitrogens is 1. The van der Waals surface area contributed by atoms with E-state index < -0.39 is 0 Å². The fourth-order valence-electron chi connectivity index (χ4n) is 2.64. The highest BCUT2D eigenvalue weighted by Gasteiger charge is 2.21. The largest absolute Gasteiger partial charge is 0.323 e. The zero-order valence-electron chi connectivity index (χ0n) is 11.6. The number of nitrogens with one attached hydrogen (secondary N) is 2. The molecule has 1 saturated heterocycles. The number of hydrogen-bond acceptors (Lipinski definition) is 3. The average Bonchev–Trinajstić information content (AvgIpc) is 2.49. The number of nitrogens with zero attached hydrogens (tertiary/aromatic N) is 1. The van der Waals surface area contributed by atoms with Gasteiger partial charge in [0.15, 0.2) is 0 Å². The maximum absolute atomic E-state index is 12.3. The number of pyridine rings is 1. The first-order valence-electron chi connectivity index (χ1n) is 7.15. The Morgan fingerprint density at radius 3 is 3.00 bits per heavy atom. The second-order valence-corrected chi connectivity index (χ2v) is 5.32. The predicted molar refractivity (Wildman–Crippen MR) is 80.8 cm³/mol. The summed E-state index contributed by atoms with van der Waals surface area (Å²) in [6.07, 6.45) is 3.17. The fraction of sp³-hybridized carbons (Fsp3) is 0.375. The van der Waals surface area contributed by atoms with Crippen molar-refractivity contribution in [3.63, 3.8) is 0 Å². The van der Waals surface area contributed by atoms with E-state index in [1.54, 1.807) is 0 Å². The van der Waals surface area contributed by atoms with Gasteiger partial charge in [-0.3, -0.25) is 9.78 Å². The fourth-order valence-corrected chi connectivity index (χ4v) is 2.64. The highest BCUT2D eigenvalue weighted by Crippen LogP contribution is 2.22. The van der Waals surface area contributed by atoms with Crippen LogP contribution in [0.1, 0.15) is 25.0 Å². The first-order chi connectivity index (χ1) is 9.74. The van der Waals surface area contributed by atoms with Gasteiger partial charge in [0.2, 0.25) is 5.91 Å². The van der Waals surface area contributed by atoms with E-state index in [0.29, 0.717) is 0 Å². The Bertz CT molecular complexity index is 633. The van der Waals surface area contributed by atoms with Gasteiger partial charge in [-0.05, 0) is 38.4 Å². The van der Waals surface area contributed by atoms with Crippen LogP contribution in [-0.2, 0) is 4.79 Å². The molecule has 0 saturated carbocycles. The Labute approximate surface area is 118 Å². The van der Waals surface area contributed by atoms with Crippen LogP contribution in [0.25, 0.3) is 10.9 Å². The molecule has 1 amide bonds. The summed E-state index contributed by atoms with van der Waals surface area (Å²) in [5.41, 5.74) is 2.61. The normalized spacial score (nSPS) is 18.9. The van der Waals surface area contributed by atoms with Gasteiger partial charge in [-0.15, -0.1) is 0 Å². The Hall–Kier alpha value is -1.94. The minimum atomic E-state index is -0.0798. The Morgan fingerprint density at radius 2 is 2.20 bits per heavy atom. The number of rotatable bonds is 2. The third-order valence-corrected chi connectivity index (χ3v) is 3.74. The summed E-state index contributed by atoms with van der Waals surface area (Å²) in [6, 6.07) is 9.81. The monoisotopic (exact) mass is 269 g/mol. The number of anilines is 1. The second-order valence-electron chi connectivity index (χ2n) is 5.32. The standard InChI is InChI=1S/C16H19N3O/c1-11-8-9-12-5-4-7-13(15(12)18-11)19-16(20)14-6-2-3-10-17-14/h4-5,7-9,14,17H,2-3,6,10H2,1H3,(H,19,20)/t14-/m1/s1. The molecule has 1 aliphatic heterocycles. The van der Waals surface area contributed by atoms with Crippen LogP contribution in [0.4, 0.5) is 5.69 Å². The van der Waals surface area contributed by atoms with Crippen molar-refractivity contribution >= 4 is 22.5 Å². The molecule has 2 N–H and O–H groups in total. The molecule has 2 aromatic rings. The molecule has 0 aliphatic carbocycles. The average molecular weight is 269 g/mol. The van der Waals surface area contributed by atoms with Gasteiger partial charge >= 0.3 is 0 Å². The molecule has 4 nitrogen and oxygen atoms in total. The van der Waals surface area contributed by atoms with E-state index in [4.69, 9.17) is 0 Å². The van der Waals surface area contributed by atoms with Crippen LogP contribution in [0.2, 0.25) is 0 Å². The Morgan fingerprint density at radius 1 is 1.30 bits per heavy atom. The lowest BCUT2D eigenvalue weighted by atomic mass is 10.0. The summed E-state index contributed by atoms with van der Waals surface area (Å²) in [4.78, 5) is 16.8. The molecule has 104 valence electrons. The molecule has 4 heteroatoms. The van der Waals surface area contributed by atoms with Crippen molar-refractivity contribution in [1.29, 1.82) is 0 Å². The van der Waals surface area contributed by atoms with E-state index in [1.165, 1.54) is 0 Å². The van der Waals surface area contributed by atoms with Crippen LogP contribution < -0.4 is 10.6 Å². The zero-order chi connectivity index (χ0) is 13.9. The first-order valence-corrected chi connectivity index (χ1v) is 7.15. The number of fused-ring (bicyclic) bond motifs is 1. The first kappa shape index (κ1) is 13.1. The number of aryl methyl sites for hydroxylation is 1. The van der Waals surface area contributed by atoms with Crippen LogP contribution in [0.5, 0.6) is 0 Å². The van der Waals surface area contributed by atoms with Gasteiger partial charge in [-0.1, -0.05) is 24.6 Å². The lowest BCUT2D eigenvalue weighted by Gasteiger charge is -2.22. The third kappa shape index (κ3) is 2.65. The van der Waals surface area contributed by atoms with Gasteiger partial charge in [0.1, 0.15) is 0 Å². The van der Waals surface area contributed by atoms with Gasteiger partial charge < -0.3 is 10.6 Å². The van der Waals surface area contributed by atoms with E-state index in [1.807, 2.05) is 37.3 Å². The predicted octanol–water partition coefficient (Wildman–Crippen LogP) is 2.62. The third-order valence-electron chi connectivity index (χ3n) is 3.74. The SMILES string of the molecule is Cc1ccc2cccc(NC(=O)[C@H]3CCCCN3)c2n1. The van der Waals surface area contributed by atoms with Crippen LogP contribution >= 0.6 is 0 Å². The molecule has 1 fully saturated rings. The van der Waals surface area contributed by atoms with Gasteiger partial charge in [-0.25, -0.2) is 0 Å². The molecule has 3 rings (SSSR count). The number of piperidine rings is 1. The number of amides is 1. The molecule has 0 bridgehead atoms. The van der Waals surface area contributed by atoms with Gasteiger partial charge in [0.05, 0.1) is 17.2 Å². The maximum Gasteiger partial charge on any atom is 0.241 e. The van der Waals surface area contributed by atoms with E-state index in [-0.39, 0.29) is 11.9 Å². The van der Waals surface area contributed by atoms with Crippen molar-refractivity contribution < 1.29 is 4.79 Å². The summed E-state index contributed by atoms with van der Waals surface area (Å²) in [6.45, 7) is 2.88. The van der Waals surface area contributed by atoms with E-state index in [2.05, 4.69) is 15.6 Å². The van der Waals surface area contributed by atoms with Crippen LogP contribution in [0.15, 0.2) is 30.3 Å². The molecule has 1 aliphatic rings. The van der Waals surface area contributed by atoms with E-state index in [0.717, 1.165) is 48.1 Å². The van der Waals surface area contributed by atoms with Crippen molar-refractivity contribution in [2.45, 2.75) is 32.2 Å². The molecule has 0 spiro atoms. The second kappa shape index (κ2) is 5.59. The highest BCUT2D eigenvalue weighted by molar-refractivity contribution is 6.02. The van der Waals surface area contributed by atoms with Crippen molar-refractivity contribution in [3.8, 4) is 0 Å². The molecular weight excluding hydrogens is 250 g/mol. The molecule has 0 unspecified atom stereocenters. The zero-order valence-corrected chi connectivity index (χ0v) is 11.6. The molecule has 1 atom stereocenters. The van der Waals surface area contributed by atoms with Crippen molar-refractivity contribution in [1.82, 2.24) is 10.3 Å². The van der Waals surface area contributed by atoms with Crippen LogP contribution in [-0.4, -0.2) is 23.5 Å². The summed E-state index contributed by atoms with van der Waals surface area (Å²) in [7, 11) is 0. The summed E-state index contributed by atoms with van der Waals surface area (Å²) in [5, 5.41) is 7.33. The van der Waals surface area contributed by atoms with E-state index >= 15 is 0 Å². The number of carbonyl (C=O) groups is 1. The lowest BCUT2D eigenvalue weighted by molar-refractivity contribution is -0.118. The van der Waals surface area contributed by atoms with Crippen LogP contribution in [0, 0.1) is 6.92 Å². The number of hydrogen-bond donors (Lipinski definition) is 2. The summed E-state index contributed by atoms with van der Waals surface area (Å²) >= 11 is 0. The maximum atomic E-state index is 12.3. The lowest BCUT2D eigenvalue weighted by Crippen LogP contribution is -2.43. The van der Waals surface area contributed by atoms with Gasteiger partial charge in [0, 0.05) is 11.1 Å². The summed E-state index contributed by atoms with van der Waals surface area (Å²) < 4.78 is 0. The molecule has 2 heterocycles. The quantitative estimate of drug-likeness (QED) is 0.881. The number of carbonyl (C=O) groups excluding carboxylic acids is 1. The van der Waals surface area contributed by atoms with Crippen molar-refractivity contribution in [3.05, 3.63) is 36.0 Å². The van der Waals surface area contributed by atoms with Crippen LogP contribution in [0.3, 0.4) is 0 Å². The minimum Gasteiger partial charge on any atom is -0.323 e. The number of benzene rings is 1. The molecule has 20 heavy (non-hydrogen) atoms. The molecule has 1 aromatic heterocycles. The Kier molecular flexibility index (Phi) is 3.65. The number of para-hydroxylation sites is 1. The summed E-state index contributed by atoms with van der Waals surface area (Å²) in [5.74, 6) is 0.0421. The van der Waals surface area contributed by atoms with Crippen molar-refractivity contribution in [2.24, 2.45) is 0 Å².